The maximum atomic E-state index is 12.1. The van der Waals surface area contributed by atoms with Crippen LogP contribution in [0.1, 0.15) is 17.3 Å². The van der Waals surface area contributed by atoms with E-state index < -0.39 is 0 Å². The van der Waals surface area contributed by atoms with Crippen LogP contribution in [-0.2, 0) is 6.54 Å². The van der Waals surface area contributed by atoms with Crippen molar-refractivity contribution < 1.29 is 14.3 Å². The number of furan rings is 1. The third kappa shape index (κ3) is 2.09. The van der Waals surface area contributed by atoms with Crippen LogP contribution < -0.4 is 5.32 Å². The molecule has 2 aromatic heterocycles. The molecule has 0 saturated heterocycles. The quantitative estimate of drug-likeness (QED) is 0.760. The van der Waals surface area contributed by atoms with Crippen molar-refractivity contribution in [3.05, 3.63) is 36.2 Å². The van der Waals surface area contributed by atoms with Gasteiger partial charge in [-0.1, -0.05) is 0 Å². The predicted molar refractivity (Wildman–Crippen MR) is 71.5 cm³/mol. The second kappa shape index (κ2) is 4.69. The molecule has 102 valence electrons. The van der Waals surface area contributed by atoms with Gasteiger partial charge in [0, 0.05) is 5.56 Å². The number of amides is 1. The molecular weight excluding hydrogens is 260 g/mol. The summed E-state index contributed by atoms with van der Waals surface area (Å²) in [7, 11) is 0. The summed E-state index contributed by atoms with van der Waals surface area (Å²) in [5.41, 5.74) is 0.739. The van der Waals surface area contributed by atoms with Crippen molar-refractivity contribution in [2.75, 3.05) is 5.32 Å². The van der Waals surface area contributed by atoms with Crippen molar-refractivity contribution >= 4 is 22.7 Å². The topological polar surface area (TPSA) is 93.2 Å². The van der Waals surface area contributed by atoms with Gasteiger partial charge in [-0.2, -0.15) is 9.90 Å². The minimum absolute atomic E-state index is 0.00128. The molecule has 0 aliphatic heterocycles. The lowest BCUT2D eigenvalue weighted by Crippen LogP contribution is -2.12. The van der Waals surface area contributed by atoms with E-state index >= 15 is 0 Å². The van der Waals surface area contributed by atoms with E-state index in [2.05, 4.69) is 15.5 Å². The first kappa shape index (κ1) is 12.2. The molecule has 3 aromatic rings. The Morgan fingerprint density at radius 2 is 2.35 bits per heavy atom. The maximum Gasteiger partial charge on any atom is 0.257 e. The third-order valence-electron chi connectivity index (χ3n) is 2.87. The molecule has 1 aromatic carbocycles. The molecule has 0 bridgehead atoms. The monoisotopic (exact) mass is 272 g/mol. The van der Waals surface area contributed by atoms with Gasteiger partial charge in [0.15, 0.2) is 5.82 Å². The number of phenols is 1. The van der Waals surface area contributed by atoms with Gasteiger partial charge in [0.1, 0.15) is 11.3 Å². The normalized spacial score (nSPS) is 10.8. The van der Waals surface area contributed by atoms with Gasteiger partial charge in [-0.25, -0.2) is 0 Å². The van der Waals surface area contributed by atoms with Crippen molar-refractivity contribution in [1.29, 1.82) is 0 Å². The van der Waals surface area contributed by atoms with E-state index in [-0.39, 0.29) is 17.2 Å². The number of aryl methyl sites for hydroxylation is 1. The predicted octanol–water partition coefficient (Wildman–Crippen LogP) is 2.00. The molecule has 7 heteroatoms. The molecule has 1 amide bonds. The van der Waals surface area contributed by atoms with Gasteiger partial charge in [0.25, 0.3) is 5.91 Å². The highest BCUT2D eigenvalue weighted by atomic mass is 16.3. The van der Waals surface area contributed by atoms with E-state index in [0.717, 1.165) is 0 Å². The molecule has 2 heterocycles. The Balaban J connectivity index is 1.88. The second-order valence-corrected chi connectivity index (χ2v) is 4.20. The summed E-state index contributed by atoms with van der Waals surface area (Å²) in [6, 6.07) is 4.59. The Labute approximate surface area is 113 Å². The van der Waals surface area contributed by atoms with Gasteiger partial charge in [0.2, 0.25) is 0 Å². The first-order valence-electron chi connectivity index (χ1n) is 6.09. The van der Waals surface area contributed by atoms with Gasteiger partial charge in [-0.05, 0) is 25.1 Å². The van der Waals surface area contributed by atoms with Crippen molar-refractivity contribution in [3.63, 3.8) is 0 Å². The SMILES string of the molecule is CCn1ncc(NC(=O)c2cc(O)c3ccoc3c2)n1. The Hall–Kier alpha value is -2.83. The van der Waals surface area contributed by atoms with Crippen molar-refractivity contribution in [2.24, 2.45) is 0 Å². The average molecular weight is 272 g/mol. The molecule has 7 nitrogen and oxygen atoms in total. The van der Waals surface area contributed by atoms with Gasteiger partial charge in [-0.15, -0.1) is 5.10 Å². The molecule has 0 atom stereocenters. The van der Waals surface area contributed by atoms with Gasteiger partial charge in [-0.3, -0.25) is 4.79 Å². The Morgan fingerprint density at radius 3 is 3.10 bits per heavy atom. The number of aromatic nitrogens is 3. The number of rotatable bonds is 3. The summed E-state index contributed by atoms with van der Waals surface area (Å²) in [4.78, 5) is 13.5. The van der Waals surface area contributed by atoms with Crippen LogP contribution in [0.5, 0.6) is 5.75 Å². The van der Waals surface area contributed by atoms with E-state index in [0.29, 0.717) is 23.3 Å². The zero-order valence-corrected chi connectivity index (χ0v) is 10.7. The van der Waals surface area contributed by atoms with Crippen LogP contribution in [0.4, 0.5) is 5.82 Å². The lowest BCUT2D eigenvalue weighted by Gasteiger charge is -2.03. The highest BCUT2D eigenvalue weighted by Gasteiger charge is 2.13. The van der Waals surface area contributed by atoms with Crippen molar-refractivity contribution in [2.45, 2.75) is 13.5 Å². The van der Waals surface area contributed by atoms with E-state index in [1.54, 1.807) is 12.1 Å². The number of benzene rings is 1. The minimum Gasteiger partial charge on any atom is -0.507 e. The zero-order valence-electron chi connectivity index (χ0n) is 10.7. The van der Waals surface area contributed by atoms with Crippen molar-refractivity contribution in [1.82, 2.24) is 15.0 Å². The largest absolute Gasteiger partial charge is 0.507 e. The Morgan fingerprint density at radius 1 is 1.50 bits per heavy atom. The first-order chi connectivity index (χ1) is 9.67. The molecular formula is C13H12N4O3. The fourth-order valence-corrected chi connectivity index (χ4v) is 1.88. The molecule has 0 aliphatic carbocycles. The molecule has 0 saturated carbocycles. The maximum absolute atomic E-state index is 12.1. The summed E-state index contributed by atoms with van der Waals surface area (Å²) < 4.78 is 5.19. The van der Waals surface area contributed by atoms with Gasteiger partial charge >= 0.3 is 0 Å². The molecule has 20 heavy (non-hydrogen) atoms. The van der Waals surface area contributed by atoms with Crippen LogP contribution in [0, 0.1) is 0 Å². The lowest BCUT2D eigenvalue weighted by molar-refractivity contribution is 0.102. The van der Waals surface area contributed by atoms with Gasteiger partial charge in [0.05, 0.1) is 24.4 Å². The Kier molecular flexibility index (Phi) is 2.86. The van der Waals surface area contributed by atoms with E-state index in [9.17, 15) is 9.90 Å². The number of carbonyl (C=O) groups excluding carboxylic acids is 1. The highest BCUT2D eigenvalue weighted by Crippen LogP contribution is 2.27. The number of fused-ring (bicyclic) bond motifs is 1. The van der Waals surface area contributed by atoms with E-state index in [4.69, 9.17) is 4.42 Å². The third-order valence-corrected chi connectivity index (χ3v) is 2.87. The van der Waals surface area contributed by atoms with Crippen LogP contribution in [0.3, 0.4) is 0 Å². The van der Waals surface area contributed by atoms with Crippen LogP contribution in [0.2, 0.25) is 0 Å². The van der Waals surface area contributed by atoms with Gasteiger partial charge < -0.3 is 14.8 Å². The second-order valence-electron chi connectivity index (χ2n) is 4.20. The number of nitrogens with one attached hydrogen (secondary N) is 1. The average Bonchev–Trinajstić information content (AvgIpc) is 3.07. The fraction of sp³-hybridized carbons (Fsp3) is 0.154. The molecule has 0 spiro atoms. The molecule has 0 fully saturated rings. The highest BCUT2D eigenvalue weighted by molar-refractivity contribution is 6.06. The molecule has 0 radical (unpaired) electrons. The number of hydrogen-bond donors (Lipinski definition) is 2. The molecule has 0 unspecified atom stereocenters. The molecule has 2 N–H and O–H groups in total. The standard InChI is InChI=1S/C13H12N4O3/c1-2-17-14-7-12(16-17)15-13(19)8-5-10(18)9-3-4-20-11(9)6-8/h3-7,18H,2H2,1H3,(H,15,16,19). The number of hydrogen-bond acceptors (Lipinski definition) is 5. The smallest absolute Gasteiger partial charge is 0.257 e. The summed E-state index contributed by atoms with van der Waals surface area (Å²) in [6.07, 6.45) is 2.92. The number of aromatic hydroxyl groups is 1. The zero-order chi connectivity index (χ0) is 14.1. The fourth-order valence-electron chi connectivity index (χ4n) is 1.88. The molecule has 3 rings (SSSR count). The van der Waals surface area contributed by atoms with Crippen LogP contribution in [0.15, 0.2) is 35.1 Å². The summed E-state index contributed by atoms with van der Waals surface area (Å²) >= 11 is 0. The number of nitrogens with zero attached hydrogens (tertiary/aromatic N) is 3. The summed E-state index contributed by atoms with van der Waals surface area (Å²) in [5.74, 6) is -0.0313. The summed E-state index contributed by atoms with van der Waals surface area (Å²) in [6.45, 7) is 2.52. The van der Waals surface area contributed by atoms with Crippen LogP contribution >= 0.6 is 0 Å². The van der Waals surface area contributed by atoms with Crippen molar-refractivity contribution in [3.8, 4) is 5.75 Å². The lowest BCUT2D eigenvalue weighted by atomic mass is 10.1. The number of anilines is 1. The molecule has 0 aliphatic rings. The summed E-state index contributed by atoms with van der Waals surface area (Å²) in [5, 5.41) is 21.0. The Bertz CT molecular complexity index is 775. The van der Waals surface area contributed by atoms with E-state index in [1.165, 1.54) is 23.3 Å². The van der Waals surface area contributed by atoms with Crippen LogP contribution in [-0.4, -0.2) is 26.0 Å². The number of carbonyl (C=O) groups is 1. The number of phenolic OH excluding ortho intramolecular Hbond substituents is 1. The first-order valence-corrected chi connectivity index (χ1v) is 6.09. The minimum atomic E-state index is -0.387. The van der Waals surface area contributed by atoms with E-state index in [1.807, 2.05) is 6.92 Å². The van der Waals surface area contributed by atoms with Crippen LogP contribution in [0.25, 0.3) is 11.0 Å².